The molecule has 0 aliphatic carbocycles. The zero-order chi connectivity index (χ0) is 9.42. The monoisotopic (exact) mass is 178 g/mol. The summed E-state index contributed by atoms with van der Waals surface area (Å²) in [6.07, 6.45) is 0. The molecule has 0 unspecified atom stereocenters. The van der Waals surface area contributed by atoms with E-state index in [0.717, 1.165) is 5.39 Å². The van der Waals surface area contributed by atoms with Gasteiger partial charge < -0.3 is 4.98 Å². The number of aromatic amines is 1. The lowest BCUT2D eigenvalue weighted by Crippen LogP contribution is -2.11. The quantitative estimate of drug-likeness (QED) is 0.662. The molecule has 0 saturated heterocycles. The summed E-state index contributed by atoms with van der Waals surface area (Å²) in [7, 11) is 0. The Balaban J connectivity index is 2.94. The van der Waals surface area contributed by atoms with Crippen LogP contribution in [-0.2, 0) is 0 Å². The second kappa shape index (κ2) is 2.65. The molecule has 0 spiro atoms. The molecule has 3 nitrogen and oxygen atoms in total. The molecule has 0 radical (unpaired) electrons. The van der Waals surface area contributed by atoms with Gasteiger partial charge in [-0.1, -0.05) is 0 Å². The van der Waals surface area contributed by atoms with Crippen molar-refractivity contribution in [2.75, 3.05) is 0 Å². The van der Waals surface area contributed by atoms with Gasteiger partial charge in [0.1, 0.15) is 5.82 Å². The second-order valence-electron chi connectivity index (χ2n) is 2.82. The Morgan fingerprint density at radius 1 is 1.46 bits per heavy atom. The fourth-order valence-corrected chi connectivity index (χ4v) is 1.29. The molecule has 0 atom stereocenters. The molecule has 4 heteroatoms. The number of hydrogen-bond donors (Lipinski definition) is 1. The first-order valence-electron chi connectivity index (χ1n) is 3.83. The third kappa shape index (κ3) is 1.30. The first-order chi connectivity index (χ1) is 6.16. The number of halogens is 1. The second-order valence-corrected chi connectivity index (χ2v) is 2.82. The molecule has 0 bridgehead atoms. The van der Waals surface area contributed by atoms with Gasteiger partial charge in [0.05, 0.1) is 11.2 Å². The van der Waals surface area contributed by atoms with Crippen LogP contribution in [0.3, 0.4) is 0 Å². The van der Waals surface area contributed by atoms with Crippen molar-refractivity contribution in [3.05, 3.63) is 40.2 Å². The highest BCUT2D eigenvalue weighted by atomic mass is 19.1. The van der Waals surface area contributed by atoms with Crippen LogP contribution in [0, 0.1) is 12.7 Å². The van der Waals surface area contributed by atoms with Crippen molar-refractivity contribution in [2.45, 2.75) is 6.92 Å². The van der Waals surface area contributed by atoms with Crippen molar-refractivity contribution < 1.29 is 4.39 Å². The van der Waals surface area contributed by atoms with Gasteiger partial charge in [0.15, 0.2) is 0 Å². The minimum atomic E-state index is -0.449. The largest absolute Gasteiger partial charge is 0.345 e. The van der Waals surface area contributed by atoms with Gasteiger partial charge in [-0.3, -0.25) is 0 Å². The molecule has 0 saturated carbocycles. The molecule has 1 aromatic heterocycles. The summed E-state index contributed by atoms with van der Waals surface area (Å²) < 4.78 is 12.8. The van der Waals surface area contributed by atoms with Crippen LogP contribution in [0.1, 0.15) is 5.69 Å². The summed E-state index contributed by atoms with van der Waals surface area (Å²) in [5, 5.41) is 0.765. The highest BCUT2D eigenvalue weighted by molar-refractivity contribution is 5.80. The van der Waals surface area contributed by atoms with Crippen LogP contribution < -0.4 is 5.69 Å². The maximum atomic E-state index is 12.8. The summed E-state index contributed by atoms with van der Waals surface area (Å²) in [5.41, 5.74) is 0.645. The summed E-state index contributed by atoms with van der Waals surface area (Å²) in [4.78, 5) is 17.1. The minimum Gasteiger partial charge on any atom is -0.305 e. The highest BCUT2D eigenvalue weighted by Crippen LogP contribution is 2.13. The molecular weight excluding hydrogens is 171 g/mol. The third-order valence-electron chi connectivity index (χ3n) is 1.88. The summed E-state index contributed by atoms with van der Waals surface area (Å²) in [5.74, 6) is -0.367. The Morgan fingerprint density at radius 2 is 2.23 bits per heavy atom. The van der Waals surface area contributed by atoms with Gasteiger partial charge in [-0.2, -0.15) is 4.98 Å². The summed E-state index contributed by atoms with van der Waals surface area (Å²) >= 11 is 0. The Labute approximate surface area is 73.2 Å². The van der Waals surface area contributed by atoms with Crippen LogP contribution in [-0.4, -0.2) is 9.97 Å². The number of nitrogens with zero attached hydrogens (tertiary/aromatic N) is 1. The van der Waals surface area contributed by atoms with Gasteiger partial charge in [0.2, 0.25) is 0 Å². The minimum absolute atomic E-state index is 0.367. The molecule has 66 valence electrons. The zero-order valence-corrected chi connectivity index (χ0v) is 6.97. The fraction of sp³-hybridized carbons (Fsp3) is 0.111. The third-order valence-corrected chi connectivity index (χ3v) is 1.88. The fourth-order valence-electron chi connectivity index (χ4n) is 1.29. The summed E-state index contributed by atoms with van der Waals surface area (Å²) in [6, 6.07) is 4.23. The standard InChI is InChI=1S/C9H7FN2O/c1-5-7-3-2-6(10)4-8(7)12-9(13)11-5/h2-4H,1H3,(H,11,12,13). The number of H-pyrrole nitrogens is 1. The molecule has 0 amide bonds. The zero-order valence-electron chi connectivity index (χ0n) is 6.97. The Bertz CT molecular complexity index is 518. The number of aryl methyl sites for hydroxylation is 1. The predicted octanol–water partition coefficient (Wildman–Crippen LogP) is 1.37. The topological polar surface area (TPSA) is 45.8 Å². The van der Waals surface area contributed by atoms with Crippen molar-refractivity contribution in [2.24, 2.45) is 0 Å². The number of rotatable bonds is 0. The van der Waals surface area contributed by atoms with Crippen LogP contribution >= 0.6 is 0 Å². The van der Waals surface area contributed by atoms with E-state index in [1.807, 2.05) is 0 Å². The van der Waals surface area contributed by atoms with Crippen LogP contribution in [0.15, 0.2) is 23.0 Å². The maximum absolute atomic E-state index is 12.8. The van der Waals surface area contributed by atoms with Crippen molar-refractivity contribution >= 4 is 10.9 Å². The van der Waals surface area contributed by atoms with E-state index >= 15 is 0 Å². The lowest BCUT2D eigenvalue weighted by atomic mass is 10.2. The Morgan fingerprint density at radius 3 is 3.00 bits per heavy atom. The highest BCUT2D eigenvalue weighted by Gasteiger charge is 2.00. The average Bonchev–Trinajstić information content (AvgIpc) is 2.02. The Kier molecular flexibility index (Phi) is 1.62. The molecule has 13 heavy (non-hydrogen) atoms. The van der Waals surface area contributed by atoms with Crippen molar-refractivity contribution in [1.82, 2.24) is 9.97 Å². The number of nitrogens with one attached hydrogen (secondary N) is 1. The molecule has 0 fully saturated rings. The lowest BCUT2D eigenvalue weighted by Gasteiger charge is -1.99. The van der Waals surface area contributed by atoms with Gasteiger partial charge >= 0.3 is 5.69 Å². The first-order valence-corrected chi connectivity index (χ1v) is 3.83. The van der Waals surface area contributed by atoms with E-state index in [2.05, 4.69) is 9.97 Å². The molecule has 2 aromatic rings. The normalized spacial score (nSPS) is 10.6. The maximum Gasteiger partial charge on any atom is 0.345 e. The van der Waals surface area contributed by atoms with Gasteiger partial charge in [-0.25, -0.2) is 9.18 Å². The van der Waals surface area contributed by atoms with Crippen LogP contribution in [0.5, 0.6) is 0 Å². The molecule has 0 aliphatic heterocycles. The van der Waals surface area contributed by atoms with Crippen LogP contribution in [0.4, 0.5) is 4.39 Å². The number of hydrogen-bond acceptors (Lipinski definition) is 2. The van der Waals surface area contributed by atoms with Crippen LogP contribution in [0.25, 0.3) is 10.9 Å². The van der Waals surface area contributed by atoms with E-state index in [9.17, 15) is 9.18 Å². The molecule has 1 N–H and O–H groups in total. The van der Waals surface area contributed by atoms with E-state index in [1.54, 1.807) is 13.0 Å². The van der Waals surface area contributed by atoms with E-state index in [1.165, 1.54) is 12.1 Å². The summed E-state index contributed by atoms with van der Waals surface area (Å²) in [6.45, 7) is 1.72. The molecular formula is C9H7FN2O. The molecule has 1 aromatic carbocycles. The van der Waals surface area contributed by atoms with E-state index < -0.39 is 5.69 Å². The number of benzene rings is 1. The van der Waals surface area contributed by atoms with Gasteiger partial charge in [-0.15, -0.1) is 0 Å². The smallest absolute Gasteiger partial charge is 0.305 e. The van der Waals surface area contributed by atoms with E-state index in [-0.39, 0.29) is 5.82 Å². The number of aromatic nitrogens is 2. The lowest BCUT2D eigenvalue weighted by molar-refractivity contribution is 0.629. The van der Waals surface area contributed by atoms with Crippen LogP contribution in [0.2, 0.25) is 0 Å². The predicted molar refractivity (Wildman–Crippen MR) is 47.1 cm³/mol. The SMILES string of the molecule is Cc1nc(=O)[nH]c2cc(F)ccc12. The van der Waals surface area contributed by atoms with Gasteiger partial charge in [0.25, 0.3) is 0 Å². The average molecular weight is 178 g/mol. The van der Waals surface area contributed by atoms with Gasteiger partial charge in [-0.05, 0) is 25.1 Å². The van der Waals surface area contributed by atoms with Crippen molar-refractivity contribution in [1.29, 1.82) is 0 Å². The van der Waals surface area contributed by atoms with Gasteiger partial charge in [0, 0.05) is 5.39 Å². The molecule has 0 aliphatic rings. The van der Waals surface area contributed by atoms with Crippen molar-refractivity contribution in [3.8, 4) is 0 Å². The first kappa shape index (κ1) is 7.91. The van der Waals surface area contributed by atoms with E-state index in [0.29, 0.717) is 11.2 Å². The Hall–Kier alpha value is -1.71. The molecule has 1 heterocycles. The molecule has 2 rings (SSSR count). The van der Waals surface area contributed by atoms with E-state index in [4.69, 9.17) is 0 Å². The van der Waals surface area contributed by atoms with Crippen molar-refractivity contribution in [3.63, 3.8) is 0 Å². The number of fused-ring (bicyclic) bond motifs is 1.